The van der Waals surface area contributed by atoms with E-state index in [0.29, 0.717) is 13.1 Å². The molecule has 0 spiro atoms. The van der Waals surface area contributed by atoms with Gasteiger partial charge in [0.1, 0.15) is 10.6 Å². The number of carbonyl (C=O) groups excluding carboxylic acids is 1. The lowest BCUT2D eigenvalue weighted by molar-refractivity contribution is 0.0752. The standard InChI is InChI=1S/C21H27ClN2O4S/c1-6-24(14-15-7-10-17(28-5)11-8-15)20(25)16-9-12-18(22)19(13-16)29(26,27)23-21(2,3)4/h7-13,23H,6,14H2,1-5H3. The van der Waals surface area contributed by atoms with Gasteiger partial charge in [0, 0.05) is 24.2 Å². The summed E-state index contributed by atoms with van der Waals surface area (Å²) in [4.78, 5) is 14.5. The molecule has 0 aliphatic heterocycles. The summed E-state index contributed by atoms with van der Waals surface area (Å²) in [6.45, 7) is 7.94. The van der Waals surface area contributed by atoms with Gasteiger partial charge in [-0.25, -0.2) is 13.1 Å². The summed E-state index contributed by atoms with van der Waals surface area (Å²) in [5.41, 5.74) is 0.530. The molecule has 0 radical (unpaired) electrons. The number of nitrogens with zero attached hydrogens (tertiary/aromatic N) is 1. The van der Waals surface area contributed by atoms with E-state index in [0.717, 1.165) is 11.3 Å². The van der Waals surface area contributed by atoms with Crippen molar-refractivity contribution in [3.63, 3.8) is 0 Å². The van der Waals surface area contributed by atoms with Gasteiger partial charge >= 0.3 is 0 Å². The third kappa shape index (κ3) is 6.19. The van der Waals surface area contributed by atoms with Gasteiger partial charge in [-0.3, -0.25) is 4.79 Å². The van der Waals surface area contributed by atoms with Crippen LogP contribution in [0.3, 0.4) is 0 Å². The minimum Gasteiger partial charge on any atom is -0.497 e. The van der Waals surface area contributed by atoms with Crippen molar-refractivity contribution in [2.24, 2.45) is 0 Å². The highest BCUT2D eigenvalue weighted by molar-refractivity contribution is 7.89. The van der Waals surface area contributed by atoms with E-state index in [4.69, 9.17) is 16.3 Å². The molecular formula is C21H27ClN2O4S. The number of benzene rings is 2. The summed E-state index contributed by atoms with van der Waals surface area (Å²) in [6, 6.07) is 11.7. The Morgan fingerprint density at radius 2 is 1.76 bits per heavy atom. The van der Waals surface area contributed by atoms with Crippen molar-refractivity contribution < 1.29 is 17.9 Å². The van der Waals surface area contributed by atoms with Crippen LogP contribution in [0.15, 0.2) is 47.4 Å². The lowest BCUT2D eigenvalue weighted by Crippen LogP contribution is -2.40. The molecule has 0 fully saturated rings. The number of rotatable bonds is 7. The van der Waals surface area contributed by atoms with Crippen molar-refractivity contribution in [3.8, 4) is 5.75 Å². The number of amides is 1. The summed E-state index contributed by atoms with van der Waals surface area (Å²) >= 11 is 6.13. The molecule has 0 aliphatic carbocycles. The van der Waals surface area contributed by atoms with E-state index in [1.165, 1.54) is 18.2 Å². The van der Waals surface area contributed by atoms with Crippen LogP contribution in [0.4, 0.5) is 0 Å². The van der Waals surface area contributed by atoms with Gasteiger partial charge < -0.3 is 9.64 Å². The summed E-state index contributed by atoms with van der Waals surface area (Å²) in [5, 5.41) is 0.0662. The first-order chi connectivity index (χ1) is 13.5. The molecule has 0 saturated carbocycles. The molecule has 0 atom stereocenters. The SMILES string of the molecule is CCN(Cc1ccc(OC)cc1)C(=O)c1ccc(Cl)c(S(=O)(=O)NC(C)(C)C)c1. The first-order valence-electron chi connectivity index (χ1n) is 9.22. The Labute approximate surface area is 177 Å². The molecule has 8 heteroatoms. The number of halogens is 1. The van der Waals surface area contributed by atoms with Gasteiger partial charge in [-0.2, -0.15) is 0 Å². The molecule has 0 aliphatic rings. The van der Waals surface area contributed by atoms with Crippen LogP contribution < -0.4 is 9.46 Å². The first-order valence-corrected chi connectivity index (χ1v) is 11.1. The van der Waals surface area contributed by atoms with Crippen LogP contribution in [0.25, 0.3) is 0 Å². The average molecular weight is 439 g/mol. The van der Waals surface area contributed by atoms with E-state index in [-0.39, 0.29) is 21.4 Å². The quantitative estimate of drug-likeness (QED) is 0.706. The lowest BCUT2D eigenvalue weighted by Gasteiger charge is -2.23. The highest BCUT2D eigenvalue weighted by atomic mass is 35.5. The zero-order valence-corrected chi connectivity index (χ0v) is 18.9. The van der Waals surface area contributed by atoms with Crippen LogP contribution in [-0.4, -0.2) is 38.4 Å². The van der Waals surface area contributed by atoms with E-state index < -0.39 is 15.6 Å². The molecule has 0 saturated heterocycles. The summed E-state index contributed by atoms with van der Waals surface area (Å²) < 4.78 is 33.1. The monoisotopic (exact) mass is 438 g/mol. The molecule has 29 heavy (non-hydrogen) atoms. The number of hydrogen-bond donors (Lipinski definition) is 1. The van der Waals surface area contributed by atoms with E-state index in [1.54, 1.807) is 32.8 Å². The van der Waals surface area contributed by atoms with Crippen LogP contribution in [0.5, 0.6) is 5.75 Å². The fraction of sp³-hybridized carbons (Fsp3) is 0.381. The molecule has 158 valence electrons. The van der Waals surface area contributed by atoms with Gasteiger partial charge in [0.2, 0.25) is 10.0 Å². The maximum atomic E-state index is 13.0. The fourth-order valence-corrected chi connectivity index (χ4v) is 4.71. The number of ether oxygens (including phenoxy) is 1. The van der Waals surface area contributed by atoms with E-state index >= 15 is 0 Å². The molecule has 1 amide bonds. The predicted octanol–water partition coefficient (Wildman–Crippen LogP) is 4.09. The molecule has 1 N–H and O–H groups in total. The molecule has 0 bridgehead atoms. The Hall–Kier alpha value is -2.09. The Morgan fingerprint density at radius 3 is 2.28 bits per heavy atom. The molecule has 0 heterocycles. The Bertz CT molecular complexity index is 967. The highest BCUT2D eigenvalue weighted by Gasteiger charge is 2.26. The second kappa shape index (κ2) is 9.15. The van der Waals surface area contributed by atoms with Gasteiger partial charge in [0.25, 0.3) is 5.91 Å². The van der Waals surface area contributed by atoms with Crippen molar-refractivity contribution in [3.05, 3.63) is 58.6 Å². The molecule has 6 nitrogen and oxygen atoms in total. The number of sulfonamides is 1. The second-order valence-electron chi connectivity index (χ2n) is 7.67. The molecule has 0 unspecified atom stereocenters. The molecule has 0 aromatic heterocycles. The molecule has 2 aromatic carbocycles. The van der Waals surface area contributed by atoms with Crippen molar-refractivity contribution in [1.82, 2.24) is 9.62 Å². The second-order valence-corrected chi connectivity index (χ2v) is 9.73. The zero-order valence-electron chi connectivity index (χ0n) is 17.3. The van der Waals surface area contributed by atoms with E-state index in [2.05, 4.69) is 4.72 Å². The minimum absolute atomic E-state index is 0.0662. The van der Waals surface area contributed by atoms with Crippen LogP contribution in [0, 0.1) is 0 Å². The van der Waals surface area contributed by atoms with Crippen LogP contribution in [0.1, 0.15) is 43.6 Å². The Morgan fingerprint density at radius 1 is 1.14 bits per heavy atom. The molecular weight excluding hydrogens is 412 g/mol. The average Bonchev–Trinajstić information content (AvgIpc) is 2.64. The smallest absolute Gasteiger partial charge is 0.254 e. The summed E-state index contributed by atoms with van der Waals surface area (Å²) in [7, 11) is -2.28. The first kappa shape index (κ1) is 23.2. The van der Waals surface area contributed by atoms with E-state index in [9.17, 15) is 13.2 Å². The van der Waals surface area contributed by atoms with Crippen molar-refractivity contribution in [2.75, 3.05) is 13.7 Å². The van der Waals surface area contributed by atoms with Crippen molar-refractivity contribution in [1.29, 1.82) is 0 Å². The Balaban J connectivity index is 2.31. The molecule has 2 aromatic rings. The lowest BCUT2D eigenvalue weighted by atomic mass is 10.1. The van der Waals surface area contributed by atoms with E-state index in [1.807, 2.05) is 31.2 Å². The summed E-state index contributed by atoms with van der Waals surface area (Å²) in [5.74, 6) is 0.467. The van der Waals surface area contributed by atoms with Gasteiger partial charge in [0.05, 0.1) is 12.1 Å². The number of carbonyl (C=O) groups is 1. The third-order valence-electron chi connectivity index (χ3n) is 4.11. The topological polar surface area (TPSA) is 75.7 Å². The normalized spacial score (nSPS) is 11.9. The minimum atomic E-state index is -3.87. The zero-order chi connectivity index (χ0) is 21.8. The Kier molecular flexibility index (Phi) is 7.32. The maximum absolute atomic E-state index is 13.0. The van der Waals surface area contributed by atoms with Gasteiger partial charge in [-0.1, -0.05) is 23.7 Å². The van der Waals surface area contributed by atoms with Crippen LogP contribution in [0.2, 0.25) is 5.02 Å². The molecule has 2 rings (SSSR count). The highest BCUT2D eigenvalue weighted by Crippen LogP contribution is 2.25. The van der Waals surface area contributed by atoms with Crippen LogP contribution >= 0.6 is 11.6 Å². The number of hydrogen-bond acceptors (Lipinski definition) is 4. The largest absolute Gasteiger partial charge is 0.497 e. The number of methoxy groups -OCH3 is 1. The van der Waals surface area contributed by atoms with Crippen LogP contribution in [-0.2, 0) is 16.6 Å². The summed E-state index contributed by atoms with van der Waals surface area (Å²) in [6.07, 6.45) is 0. The van der Waals surface area contributed by atoms with Gasteiger partial charge in [0.15, 0.2) is 0 Å². The van der Waals surface area contributed by atoms with Crippen molar-refractivity contribution in [2.45, 2.75) is 44.7 Å². The third-order valence-corrected chi connectivity index (χ3v) is 6.35. The predicted molar refractivity (Wildman–Crippen MR) is 115 cm³/mol. The van der Waals surface area contributed by atoms with Crippen molar-refractivity contribution >= 4 is 27.5 Å². The fourth-order valence-electron chi connectivity index (χ4n) is 2.76. The number of nitrogens with one attached hydrogen (secondary N) is 1. The van der Waals surface area contributed by atoms with Gasteiger partial charge in [-0.05, 0) is 63.6 Å². The van der Waals surface area contributed by atoms with Gasteiger partial charge in [-0.15, -0.1) is 0 Å². The maximum Gasteiger partial charge on any atom is 0.254 e.